The Kier molecular flexibility index (Phi) is 27.9. The molecule has 0 saturated carbocycles. The lowest BCUT2D eigenvalue weighted by Crippen LogP contribution is -1.78. The molecule has 0 aliphatic heterocycles. The van der Waals surface area contributed by atoms with Crippen molar-refractivity contribution in [2.75, 3.05) is 11.8 Å². The van der Waals surface area contributed by atoms with Crippen LogP contribution in [-0.2, 0) is 4.79 Å². The third-order valence-corrected chi connectivity index (χ3v) is 0.643. The number of aliphatic carboxylic acids is 1. The van der Waals surface area contributed by atoms with Gasteiger partial charge in [0, 0.05) is 18.7 Å². The molecule has 0 fully saturated rings. The highest BCUT2D eigenvalue weighted by Crippen LogP contribution is 1.75. The SMILES string of the molecule is CC(=O)O.ClCCCl.O. The van der Waals surface area contributed by atoms with E-state index in [0.29, 0.717) is 11.8 Å². The van der Waals surface area contributed by atoms with Gasteiger partial charge >= 0.3 is 0 Å². The lowest BCUT2D eigenvalue weighted by atomic mass is 10.9. The highest BCUT2D eigenvalue weighted by molar-refractivity contribution is 6.25. The van der Waals surface area contributed by atoms with Gasteiger partial charge in [-0.25, -0.2) is 0 Å². The van der Waals surface area contributed by atoms with Gasteiger partial charge in [0.25, 0.3) is 5.97 Å². The first-order valence-corrected chi connectivity index (χ1v) is 3.03. The van der Waals surface area contributed by atoms with Gasteiger partial charge in [0.2, 0.25) is 0 Å². The molecule has 0 aromatic heterocycles. The molecule has 3 nitrogen and oxygen atoms in total. The van der Waals surface area contributed by atoms with Gasteiger partial charge in [-0.1, -0.05) is 0 Å². The molecule has 0 unspecified atom stereocenters. The van der Waals surface area contributed by atoms with E-state index in [0.717, 1.165) is 6.92 Å². The van der Waals surface area contributed by atoms with Crippen molar-refractivity contribution in [1.82, 2.24) is 0 Å². The molecule has 0 amide bonds. The van der Waals surface area contributed by atoms with E-state index >= 15 is 0 Å². The summed E-state index contributed by atoms with van der Waals surface area (Å²) in [6, 6.07) is 0. The van der Waals surface area contributed by atoms with Gasteiger partial charge < -0.3 is 10.6 Å². The quantitative estimate of drug-likeness (QED) is 0.599. The summed E-state index contributed by atoms with van der Waals surface area (Å²) in [7, 11) is 0. The number of carboxylic acids is 1. The highest BCUT2D eigenvalue weighted by Gasteiger charge is 1.65. The van der Waals surface area contributed by atoms with E-state index in [9.17, 15) is 0 Å². The molecular weight excluding hydrogens is 167 g/mol. The van der Waals surface area contributed by atoms with Crippen molar-refractivity contribution in [3.8, 4) is 0 Å². The lowest BCUT2D eigenvalue weighted by molar-refractivity contribution is -0.134. The van der Waals surface area contributed by atoms with E-state index in [1.165, 1.54) is 0 Å². The Hall–Kier alpha value is 0.01000. The van der Waals surface area contributed by atoms with E-state index in [-0.39, 0.29) is 5.48 Å². The van der Waals surface area contributed by atoms with Crippen molar-refractivity contribution in [3.05, 3.63) is 0 Å². The zero-order chi connectivity index (χ0) is 6.99. The minimum atomic E-state index is -0.833. The van der Waals surface area contributed by atoms with Crippen LogP contribution in [0.5, 0.6) is 0 Å². The molecule has 0 radical (unpaired) electrons. The van der Waals surface area contributed by atoms with Gasteiger partial charge in [0.15, 0.2) is 0 Å². The van der Waals surface area contributed by atoms with E-state index in [1.807, 2.05) is 0 Å². The topological polar surface area (TPSA) is 68.8 Å². The Morgan fingerprint density at radius 2 is 1.56 bits per heavy atom. The Balaban J connectivity index is -0.0000000720. The van der Waals surface area contributed by atoms with Crippen LogP contribution in [0.3, 0.4) is 0 Å². The minimum Gasteiger partial charge on any atom is -0.481 e. The molecule has 0 saturated heterocycles. The lowest BCUT2D eigenvalue weighted by Gasteiger charge is -1.63. The molecule has 0 rings (SSSR count). The van der Waals surface area contributed by atoms with Crippen molar-refractivity contribution in [3.63, 3.8) is 0 Å². The highest BCUT2D eigenvalue weighted by atomic mass is 35.5. The van der Waals surface area contributed by atoms with Crippen molar-refractivity contribution >= 4 is 29.2 Å². The van der Waals surface area contributed by atoms with E-state index < -0.39 is 5.97 Å². The number of carbonyl (C=O) groups is 1. The zero-order valence-corrected chi connectivity index (χ0v) is 6.54. The molecule has 0 spiro atoms. The first kappa shape index (κ1) is 16.0. The standard InChI is InChI=1S/C2H4Cl2.C2H4O2.H2O/c3-1-2-4;1-2(3)4;/h1-2H2;1H3,(H,3,4);1H2. The third kappa shape index (κ3) is 284. The smallest absolute Gasteiger partial charge is 0.300 e. The maximum absolute atomic E-state index is 9.00. The Morgan fingerprint density at radius 1 is 1.44 bits per heavy atom. The maximum Gasteiger partial charge on any atom is 0.300 e. The average Bonchev–Trinajstić information content (AvgIpc) is 1.65. The summed E-state index contributed by atoms with van der Waals surface area (Å²) >= 11 is 10.1. The van der Waals surface area contributed by atoms with Crippen LogP contribution < -0.4 is 0 Å². The van der Waals surface area contributed by atoms with Crippen molar-refractivity contribution in [2.45, 2.75) is 6.92 Å². The summed E-state index contributed by atoms with van der Waals surface area (Å²) in [4.78, 5) is 9.00. The van der Waals surface area contributed by atoms with Gasteiger partial charge in [-0.05, 0) is 0 Å². The number of rotatable bonds is 1. The number of hydrogen-bond acceptors (Lipinski definition) is 1. The summed E-state index contributed by atoms with van der Waals surface area (Å²) < 4.78 is 0. The second-order valence-corrected chi connectivity index (χ2v) is 1.65. The molecule has 0 bridgehead atoms. The van der Waals surface area contributed by atoms with Crippen molar-refractivity contribution in [1.29, 1.82) is 0 Å². The second kappa shape index (κ2) is 15.7. The van der Waals surface area contributed by atoms with Crippen LogP contribution in [0.2, 0.25) is 0 Å². The minimum absolute atomic E-state index is 0. The Bertz CT molecular complexity index is 51.8. The molecule has 0 aromatic rings. The van der Waals surface area contributed by atoms with Crippen LogP contribution in [0, 0.1) is 0 Å². The molecule has 0 atom stereocenters. The van der Waals surface area contributed by atoms with Crippen molar-refractivity contribution < 1.29 is 15.4 Å². The summed E-state index contributed by atoms with van der Waals surface area (Å²) in [6.07, 6.45) is 0. The molecule has 0 heterocycles. The maximum atomic E-state index is 9.00. The predicted octanol–water partition coefficient (Wildman–Crippen LogP) is 0.730. The van der Waals surface area contributed by atoms with Crippen molar-refractivity contribution in [2.24, 2.45) is 0 Å². The third-order valence-electron chi connectivity index (χ3n) is 0.0714. The number of carboxylic acid groups (broad SMARTS) is 1. The van der Waals surface area contributed by atoms with E-state index in [4.69, 9.17) is 33.1 Å². The van der Waals surface area contributed by atoms with Gasteiger partial charge in [-0.15, -0.1) is 23.2 Å². The van der Waals surface area contributed by atoms with Gasteiger partial charge in [-0.2, -0.15) is 0 Å². The second-order valence-electron chi connectivity index (χ2n) is 0.897. The van der Waals surface area contributed by atoms with Crippen LogP contribution in [-0.4, -0.2) is 28.3 Å². The Morgan fingerprint density at radius 3 is 1.56 bits per heavy atom. The molecule has 0 aromatic carbocycles. The van der Waals surface area contributed by atoms with Gasteiger partial charge in [0.1, 0.15) is 0 Å². The van der Waals surface area contributed by atoms with Gasteiger partial charge in [-0.3, -0.25) is 4.79 Å². The number of halogens is 2. The summed E-state index contributed by atoms with van der Waals surface area (Å²) in [6.45, 7) is 1.08. The monoisotopic (exact) mass is 176 g/mol. The molecule has 9 heavy (non-hydrogen) atoms. The molecular formula is C4H10Cl2O3. The van der Waals surface area contributed by atoms with E-state index in [1.54, 1.807) is 0 Å². The first-order chi connectivity index (χ1) is 3.65. The predicted molar refractivity (Wildman–Crippen MR) is 38.4 cm³/mol. The largest absolute Gasteiger partial charge is 0.481 e. The molecule has 0 aliphatic rings. The van der Waals surface area contributed by atoms with Crippen LogP contribution in [0.25, 0.3) is 0 Å². The fraction of sp³-hybridized carbons (Fsp3) is 0.750. The molecule has 58 valence electrons. The van der Waals surface area contributed by atoms with Crippen LogP contribution in [0.4, 0.5) is 0 Å². The summed E-state index contributed by atoms with van der Waals surface area (Å²) in [5, 5.41) is 7.42. The summed E-state index contributed by atoms with van der Waals surface area (Å²) in [5.41, 5.74) is 0. The molecule has 5 heteroatoms. The molecule has 0 aliphatic carbocycles. The van der Waals surface area contributed by atoms with Crippen LogP contribution in [0.1, 0.15) is 6.92 Å². The fourth-order valence-electron chi connectivity index (χ4n) is 0. The molecule has 3 N–H and O–H groups in total. The first-order valence-electron chi connectivity index (χ1n) is 1.96. The van der Waals surface area contributed by atoms with Crippen LogP contribution >= 0.6 is 23.2 Å². The number of alkyl halides is 2. The van der Waals surface area contributed by atoms with E-state index in [2.05, 4.69) is 0 Å². The zero-order valence-electron chi connectivity index (χ0n) is 5.03. The van der Waals surface area contributed by atoms with Crippen LogP contribution in [0.15, 0.2) is 0 Å². The average molecular weight is 177 g/mol. The van der Waals surface area contributed by atoms with Gasteiger partial charge in [0.05, 0.1) is 0 Å². The fourth-order valence-corrected chi connectivity index (χ4v) is 0. The number of hydrogen-bond donors (Lipinski definition) is 1. The normalized spacial score (nSPS) is 6.11. The summed E-state index contributed by atoms with van der Waals surface area (Å²) in [5.74, 6) is 0.281. The Labute approximate surface area is 63.9 Å².